The second-order valence-electron chi connectivity index (χ2n) is 4.93. The Bertz CT molecular complexity index is 735. The lowest BCUT2D eigenvalue weighted by atomic mass is 9.95. The molecule has 0 spiro atoms. The second kappa shape index (κ2) is 4.43. The second-order valence-corrected chi connectivity index (χ2v) is 4.93. The Hall–Kier alpha value is -2.29. The molecule has 0 atom stereocenters. The van der Waals surface area contributed by atoms with Crippen molar-refractivity contribution in [3.8, 4) is 11.3 Å². The summed E-state index contributed by atoms with van der Waals surface area (Å²) in [6, 6.07) is 12.3. The van der Waals surface area contributed by atoms with Gasteiger partial charge in [-0.1, -0.05) is 35.9 Å². The SMILES string of the molecule is Cc1cc(C)c(-c2nnnc3ccccc23)c(C)c1. The minimum atomic E-state index is 0.881. The van der Waals surface area contributed by atoms with E-state index in [9.17, 15) is 0 Å². The molecule has 3 aromatic rings. The first kappa shape index (κ1) is 11.8. The number of benzene rings is 2. The van der Waals surface area contributed by atoms with Crippen molar-refractivity contribution in [2.24, 2.45) is 0 Å². The Morgan fingerprint density at radius 1 is 0.842 bits per heavy atom. The molecule has 0 fully saturated rings. The van der Waals surface area contributed by atoms with E-state index < -0.39 is 0 Å². The zero-order valence-corrected chi connectivity index (χ0v) is 11.3. The van der Waals surface area contributed by atoms with Gasteiger partial charge in [0, 0.05) is 10.9 Å². The Morgan fingerprint density at radius 2 is 1.53 bits per heavy atom. The predicted octanol–water partition coefficient (Wildman–Crippen LogP) is 3.62. The minimum absolute atomic E-state index is 0.881. The van der Waals surface area contributed by atoms with Crippen LogP contribution in [-0.4, -0.2) is 15.4 Å². The topological polar surface area (TPSA) is 38.7 Å². The number of hydrogen-bond acceptors (Lipinski definition) is 3. The van der Waals surface area contributed by atoms with E-state index in [-0.39, 0.29) is 0 Å². The minimum Gasteiger partial charge on any atom is -0.130 e. The van der Waals surface area contributed by atoms with Gasteiger partial charge >= 0.3 is 0 Å². The molecular formula is C16H15N3. The smallest absolute Gasteiger partial charge is 0.105 e. The normalized spacial score (nSPS) is 10.9. The Balaban J connectivity index is 2.37. The van der Waals surface area contributed by atoms with Crippen molar-refractivity contribution < 1.29 is 0 Å². The van der Waals surface area contributed by atoms with E-state index in [0.717, 1.165) is 22.2 Å². The van der Waals surface area contributed by atoms with Gasteiger partial charge in [0.15, 0.2) is 0 Å². The molecule has 0 N–H and O–H groups in total. The summed E-state index contributed by atoms with van der Waals surface area (Å²) in [5.41, 5.74) is 6.68. The van der Waals surface area contributed by atoms with Crippen LogP contribution in [0, 0.1) is 20.8 Å². The van der Waals surface area contributed by atoms with Crippen molar-refractivity contribution in [3.63, 3.8) is 0 Å². The van der Waals surface area contributed by atoms with Gasteiger partial charge in [-0.15, -0.1) is 10.2 Å². The van der Waals surface area contributed by atoms with Crippen LogP contribution in [0.5, 0.6) is 0 Å². The van der Waals surface area contributed by atoms with E-state index in [1.54, 1.807) is 0 Å². The average Bonchev–Trinajstić information content (AvgIpc) is 2.38. The van der Waals surface area contributed by atoms with E-state index in [2.05, 4.69) is 48.3 Å². The first-order valence-electron chi connectivity index (χ1n) is 6.33. The summed E-state index contributed by atoms with van der Waals surface area (Å²) in [4.78, 5) is 0. The fourth-order valence-corrected chi connectivity index (χ4v) is 2.67. The number of rotatable bonds is 1. The Morgan fingerprint density at radius 3 is 2.26 bits per heavy atom. The van der Waals surface area contributed by atoms with Gasteiger partial charge in [-0.2, -0.15) is 0 Å². The van der Waals surface area contributed by atoms with Crippen LogP contribution in [0.15, 0.2) is 36.4 Å². The van der Waals surface area contributed by atoms with E-state index >= 15 is 0 Å². The maximum Gasteiger partial charge on any atom is 0.105 e. The monoisotopic (exact) mass is 249 g/mol. The van der Waals surface area contributed by atoms with Crippen LogP contribution in [0.25, 0.3) is 22.2 Å². The zero-order valence-electron chi connectivity index (χ0n) is 11.3. The summed E-state index contributed by atoms with van der Waals surface area (Å²) in [6.45, 7) is 6.35. The van der Waals surface area contributed by atoms with Crippen molar-refractivity contribution in [2.75, 3.05) is 0 Å². The molecular weight excluding hydrogens is 234 g/mol. The van der Waals surface area contributed by atoms with Crippen molar-refractivity contribution >= 4 is 10.9 Å². The lowest BCUT2D eigenvalue weighted by molar-refractivity contribution is 0.899. The van der Waals surface area contributed by atoms with Gasteiger partial charge in [-0.05, 0) is 43.2 Å². The number of aryl methyl sites for hydroxylation is 3. The molecule has 0 aliphatic rings. The molecule has 0 radical (unpaired) electrons. The first-order valence-corrected chi connectivity index (χ1v) is 6.33. The van der Waals surface area contributed by atoms with E-state index in [0.29, 0.717) is 0 Å². The van der Waals surface area contributed by atoms with Crippen molar-refractivity contribution in [3.05, 3.63) is 53.1 Å². The lowest BCUT2D eigenvalue weighted by Crippen LogP contribution is -1.97. The summed E-state index contributed by atoms with van der Waals surface area (Å²) in [5.74, 6) is 0. The largest absolute Gasteiger partial charge is 0.130 e. The fraction of sp³-hybridized carbons (Fsp3) is 0.188. The van der Waals surface area contributed by atoms with Crippen molar-refractivity contribution in [2.45, 2.75) is 20.8 Å². The summed E-state index contributed by atoms with van der Waals surface area (Å²) in [5, 5.41) is 13.3. The molecule has 0 bridgehead atoms. The summed E-state index contributed by atoms with van der Waals surface area (Å²) in [6.07, 6.45) is 0. The van der Waals surface area contributed by atoms with Gasteiger partial charge in [0.1, 0.15) is 5.69 Å². The Labute approximate surface area is 112 Å². The predicted molar refractivity (Wildman–Crippen MR) is 77.0 cm³/mol. The van der Waals surface area contributed by atoms with Gasteiger partial charge < -0.3 is 0 Å². The highest BCUT2D eigenvalue weighted by molar-refractivity contribution is 5.93. The van der Waals surface area contributed by atoms with Gasteiger partial charge in [0.25, 0.3) is 0 Å². The molecule has 94 valence electrons. The highest BCUT2D eigenvalue weighted by atomic mass is 15.3. The maximum atomic E-state index is 4.27. The number of aromatic nitrogens is 3. The van der Waals surface area contributed by atoms with Crippen LogP contribution >= 0.6 is 0 Å². The molecule has 0 saturated carbocycles. The fourth-order valence-electron chi connectivity index (χ4n) is 2.67. The number of hydrogen-bond donors (Lipinski definition) is 0. The van der Waals surface area contributed by atoms with Gasteiger partial charge in [-0.3, -0.25) is 0 Å². The zero-order chi connectivity index (χ0) is 13.4. The quantitative estimate of drug-likeness (QED) is 0.661. The maximum absolute atomic E-state index is 4.27. The first-order chi connectivity index (χ1) is 9.16. The van der Waals surface area contributed by atoms with Gasteiger partial charge in [0.2, 0.25) is 0 Å². The molecule has 3 rings (SSSR count). The standard InChI is InChI=1S/C16H15N3/c1-10-8-11(2)15(12(3)9-10)16-13-6-4-5-7-14(13)17-19-18-16/h4-9H,1-3H3. The Kier molecular flexibility index (Phi) is 2.75. The number of nitrogens with zero attached hydrogens (tertiary/aromatic N) is 3. The summed E-state index contributed by atoms with van der Waals surface area (Å²) in [7, 11) is 0. The van der Waals surface area contributed by atoms with E-state index in [1.165, 1.54) is 16.7 Å². The van der Waals surface area contributed by atoms with Crippen LogP contribution in [0.3, 0.4) is 0 Å². The molecule has 3 nitrogen and oxygen atoms in total. The molecule has 0 amide bonds. The van der Waals surface area contributed by atoms with Crippen LogP contribution in [-0.2, 0) is 0 Å². The highest BCUT2D eigenvalue weighted by Gasteiger charge is 2.12. The average molecular weight is 249 g/mol. The van der Waals surface area contributed by atoms with Crippen LogP contribution < -0.4 is 0 Å². The van der Waals surface area contributed by atoms with Crippen LogP contribution in [0.2, 0.25) is 0 Å². The lowest BCUT2D eigenvalue weighted by Gasteiger charge is -2.11. The van der Waals surface area contributed by atoms with Crippen molar-refractivity contribution in [1.29, 1.82) is 0 Å². The molecule has 1 aromatic heterocycles. The number of fused-ring (bicyclic) bond motifs is 1. The molecule has 1 heterocycles. The summed E-state index contributed by atoms with van der Waals surface area (Å²) >= 11 is 0. The molecule has 0 saturated heterocycles. The van der Waals surface area contributed by atoms with Crippen molar-refractivity contribution in [1.82, 2.24) is 15.4 Å². The van der Waals surface area contributed by atoms with Gasteiger partial charge in [-0.25, -0.2) is 0 Å². The third-order valence-electron chi connectivity index (χ3n) is 3.37. The van der Waals surface area contributed by atoms with E-state index in [1.807, 2.05) is 24.3 Å². The molecule has 0 aliphatic carbocycles. The molecule has 0 aliphatic heterocycles. The highest BCUT2D eigenvalue weighted by Crippen LogP contribution is 2.30. The van der Waals surface area contributed by atoms with Crippen LogP contribution in [0.4, 0.5) is 0 Å². The van der Waals surface area contributed by atoms with Gasteiger partial charge in [0.05, 0.1) is 5.52 Å². The third kappa shape index (κ3) is 1.97. The van der Waals surface area contributed by atoms with Crippen LogP contribution in [0.1, 0.15) is 16.7 Å². The molecule has 2 aromatic carbocycles. The molecule has 0 unspecified atom stereocenters. The summed E-state index contributed by atoms with van der Waals surface area (Å²) < 4.78 is 0. The third-order valence-corrected chi connectivity index (χ3v) is 3.37. The molecule has 19 heavy (non-hydrogen) atoms. The molecule has 3 heteroatoms. The van der Waals surface area contributed by atoms with E-state index in [4.69, 9.17) is 0 Å².